The van der Waals surface area contributed by atoms with Crippen molar-refractivity contribution in [3.63, 3.8) is 0 Å². The van der Waals surface area contributed by atoms with Gasteiger partial charge in [-0.1, -0.05) is 23.7 Å². The summed E-state index contributed by atoms with van der Waals surface area (Å²) in [5.74, 6) is -0.203. The van der Waals surface area contributed by atoms with Gasteiger partial charge in [0.2, 0.25) is 5.91 Å². The van der Waals surface area contributed by atoms with Crippen LogP contribution in [0.15, 0.2) is 18.2 Å². The maximum absolute atomic E-state index is 11.7. The zero-order valence-electron chi connectivity index (χ0n) is 10.1. The highest BCUT2D eigenvalue weighted by Gasteiger charge is 2.13. The fraction of sp³-hybridized carbons (Fsp3) is 0.417. The predicted octanol–water partition coefficient (Wildman–Crippen LogP) is 2.60. The highest BCUT2D eigenvalue weighted by atomic mass is 35.5. The van der Waals surface area contributed by atoms with Gasteiger partial charge in [-0.3, -0.25) is 4.79 Å². The smallest absolute Gasteiger partial charge is 0.229 e. The van der Waals surface area contributed by atoms with Crippen molar-refractivity contribution >= 4 is 23.2 Å². The Kier molecular flexibility index (Phi) is 5.41. The number of hydrogen-bond donors (Lipinski definition) is 1. The van der Waals surface area contributed by atoms with E-state index in [1.807, 2.05) is 19.1 Å². The molecule has 0 unspecified atom stereocenters. The molecular weight excluding hydrogens is 242 g/mol. The lowest BCUT2D eigenvalue weighted by molar-refractivity contribution is -0.134. The van der Waals surface area contributed by atoms with Crippen LogP contribution in [-0.2, 0) is 14.3 Å². The molecule has 0 aliphatic rings. The van der Waals surface area contributed by atoms with Crippen LogP contribution in [0.4, 0.5) is 5.69 Å². The van der Waals surface area contributed by atoms with E-state index in [0.717, 1.165) is 5.56 Å². The van der Waals surface area contributed by atoms with Crippen LogP contribution in [0.25, 0.3) is 0 Å². The summed E-state index contributed by atoms with van der Waals surface area (Å²) in [5, 5.41) is 3.27. The summed E-state index contributed by atoms with van der Waals surface area (Å²) in [6.07, 6.45) is -0.421. The van der Waals surface area contributed by atoms with Crippen LogP contribution in [-0.4, -0.2) is 26.4 Å². The number of methoxy groups -OCH3 is 2. The molecule has 0 heterocycles. The molecule has 0 bridgehead atoms. The average Bonchev–Trinajstić information content (AvgIpc) is 2.32. The second-order valence-electron chi connectivity index (χ2n) is 3.59. The van der Waals surface area contributed by atoms with Gasteiger partial charge in [-0.15, -0.1) is 0 Å². The van der Waals surface area contributed by atoms with Gasteiger partial charge in [-0.05, 0) is 18.6 Å². The molecule has 0 radical (unpaired) electrons. The summed E-state index contributed by atoms with van der Waals surface area (Å²) in [6, 6.07) is 5.47. The van der Waals surface area contributed by atoms with Crippen molar-refractivity contribution in [2.75, 3.05) is 19.5 Å². The number of halogens is 1. The first-order chi connectivity index (χ1) is 8.08. The van der Waals surface area contributed by atoms with Crippen LogP contribution >= 0.6 is 11.6 Å². The Bertz CT molecular complexity index is 391. The minimum absolute atomic E-state index is 0.122. The SMILES string of the molecule is COC(CC(=O)Nc1cccc(C)c1Cl)OC. The summed E-state index contributed by atoms with van der Waals surface area (Å²) < 4.78 is 9.89. The molecule has 0 spiro atoms. The van der Waals surface area contributed by atoms with Crippen LogP contribution in [0, 0.1) is 6.92 Å². The molecule has 0 aromatic heterocycles. The molecule has 0 saturated heterocycles. The minimum Gasteiger partial charge on any atom is -0.355 e. The Hall–Kier alpha value is -1.10. The number of benzene rings is 1. The Morgan fingerprint density at radius 3 is 2.65 bits per heavy atom. The molecule has 17 heavy (non-hydrogen) atoms. The van der Waals surface area contributed by atoms with E-state index in [4.69, 9.17) is 21.1 Å². The Labute approximate surface area is 106 Å². The van der Waals surface area contributed by atoms with Crippen molar-refractivity contribution < 1.29 is 14.3 Å². The molecule has 0 atom stereocenters. The van der Waals surface area contributed by atoms with Crippen LogP contribution in [0.3, 0.4) is 0 Å². The maximum atomic E-state index is 11.7. The van der Waals surface area contributed by atoms with E-state index in [2.05, 4.69) is 5.32 Å². The molecule has 5 heteroatoms. The third kappa shape index (κ3) is 4.00. The van der Waals surface area contributed by atoms with E-state index >= 15 is 0 Å². The number of rotatable bonds is 5. The third-order valence-corrected chi connectivity index (χ3v) is 2.85. The van der Waals surface area contributed by atoms with Gasteiger partial charge in [0.15, 0.2) is 6.29 Å². The molecule has 4 nitrogen and oxygen atoms in total. The van der Waals surface area contributed by atoms with Crippen molar-refractivity contribution in [2.45, 2.75) is 19.6 Å². The standard InChI is InChI=1S/C12H16ClNO3/c1-8-5-4-6-9(12(8)13)14-10(15)7-11(16-2)17-3/h4-6,11H,7H2,1-3H3,(H,14,15). The Morgan fingerprint density at radius 1 is 1.41 bits per heavy atom. The second kappa shape index (κ2) is 6.59. The maximum Gasteiger partial charge on any atom is 0.229 e. The van der Waals surface area contributed by atoms with Gasteiger partial charge in [0.25, 0.3) is 0 Å². The lowest BCUT2D eigenvalue weighted by atomic mass is 10.2. The number of hydrogen-bond acceptors (Lipinski definition) is 3. The largest absolute Gasteiger partial charge is 0.355 e. The number of carbonyl (C=O) groups is 1. The van der Waals surface area contributed by atoms with Gasteiger partial charge in [-0.2, -0.15) is 0 Å². The molecule has 1 aromatic rings. The quantitative estimate of drug-likeness (QED) is 0.825. The normalized spacial score (nSPS) is 10.6. The summed E-state index contributed by atoms with van der Waals surface area (Å²) in [5.41, 5.74) is 1.52. The zero-order chi connectivity index (χ0) is 12.8. The van der Waals surface area contributed by atoms with E-state index in [-0.39, 0.29) is 12.3 Å². The number of nitrogens with one attached hydrogen (secondary N) is 1. The molecule has 1 aromatic carbocycles. The fourth-order valence-corrected chi connectivity index (χ4v) is 1.53. The van der Waals surface area contributed by atoms with Crippen molar-refractivity contribution in [2.24, 2.45) is 0 Å². The molecule has 0 aliphatic carbocycles. The molecule has 0 aliphatic heterocycles. The van der Waals surface area contributed by atoms with Gasteiger partial charge in [0, 0.05) is 14.2 Å². The second-order valence-corrected chi connectivity index (χ2v) is 3.97. The lowest BCUT2D eigenvalue weighted by Gasteiger charge is -2.14. The molecule has 0 fully saturated rings. The molecule has 94 valence electrons. The minimum atomic E-state index is -0.543. The first-order valence-electron chi connectivity index (χ1n) is 5.19. The predicted molar refractivity (Wildman–Crippen MR) is 67.2 cm³/mol. The van der Waals surface area contributed by atoms with Crippen molar-refractivity contribution in [1.82, 2.24) is 0 Å². The number of aryl methyl sites for hydroxylation is 1. The Morgan fingerprint density at radius 2 is 2.06 bits per heavy atom. The number of amides is 1. The number of anilines is 1. The molecular formula is C12H16ClNO3. The zero-order valence-corrected chi connectivity index (χ0v) is 10.9. The summed E-state index contributed by atoms with van der Waals surface area (Å²) >= 11 is 6.06. The highest BCUT2D eigenvalue weighted by molar-refractivity contribution is 6.34. The van der Waals surface area contributed by atoms with Crippen molar-refractivity contribution in [3.05, 3.63) is 28.8 Å². The van der Waals surface area contributed by atoms with Crippen LogP contribution in [0.1, 0.15) is 12.0 Å². The van der Waals surface area contributed by atoms with Crippen molar-refractivity contribution in [3.8, 4) is 0 Å². The van der Waals surface area contributed by atoms with Gasteiger partial charge in [0.1, 0.15) is 0 Å². The van der Waals surface area contributed by atoms with Crippen molar-refractivity contribution in [1.29, 1.82) is 0 Å². The third-order valence-electron chi connectivity index (χ3n) is 2.34. The highest BCUT2D eigenvalue weighted by Crippen LogP contribution is 2.25. The summed E-state index contributed by atoms with van der Waals surface area (Å²) in [7, 11) is 2.97. The number of carbonyl (C=O) groups excluding carboxylic acids is 1. The topological polar surface area (TPSA) is 47.6 Å². The molecule has 1 N–H and O–H groups in total. The lowest BCUT2D eigenvalue weighted by Crippen LogP contribution is -2.23. The Balaban J connectivity index is 2.65. The van der Waals surface area contributed by atoms with Gasteiger partial charge < -0.3 is 14.8 Å². The van der Waals surface area contributed by atoms with E-state index in [0.29, 0.717) is 10.7 Å². The first kappa shape index (κ1) is 14.0. The average molecular weight is 258 g/mol. The molecule has 0 saturated carbocycles. The van der Waals surface area contributed by atoms with Crippen LogP contribution in [0.5, 0.6) is 0 Å². The van der Waals surface area contributed by atoms with Gasteiger partial charge in [-0.25, -0.2) is 0 Å². The summed E-state index contributed by atoms with van der Waals surface area (Å²) in [4.78, 5) is 11.7. The van der Waals surface area contributed by atoms with Gasteiger partial charge in [0.05, 0.1) is 17.1 Å². The fourth-order valence-electron chi connectivity index (χ4n) is 1.36. The van der Waals surface area contributed by atoms with E-state index in [1.54, 1.807) is 6.07 Å². The van der Waals surface area contributed by atoms with E-state index in [9.17, 15) is 4.79 Å². The monoisotopic (exact) mass is 257 g/mol. The van der Waals surface area contributed by atoms with E-state index in [1.165, 1.54) is 14.2 Å². The molecule has 1 amide bonds. The number of ether oxygens (including phenoxy) is 2. The van der Waals surface area contributed by atoms with E-state index < -0.39 is 6.29 Å². The van der Waals surface area contributed by atoms with Crippen LogP contribution in [0.2, 0.25) is 5.02 Å². The summed E-state index contributed by atoms with van der Waals surface area (Å²) in [6.45, 7) is 1.88. The molecule has 1 rings (SSSR count). The first-order valence-corrected chi connectivity index (χ1v) is 5.56. The van der Waals surface area contributed by atoms with Gasteiger partial charge >= 0.3 is 0 Å². The van der Waals surface area contributed by atoms with Crippen LogP contribution < -0.4 is 5.32 Å².